The van der Waals surface area contributed by atoms with Gasteiger partial charge in [0, 0.05) is 31.9 Å². The van der Waals surface area contributed by atoms with Gasteiger partial charge in [0.15, 0.2) is 5.82 Å². The molecule has 0 N–H and O–H groups in total. The molecule has 0 aromatic carbocycles. The zero-order chi connectivity index (χ0) is 20.2. The van der Waals surface area contributed by atoms with Crippen LogP contribution in [-0.4, -0.2) is 24.3 Å². The molecule has 29 heavy (non-hydrogen) atoms. The minimum atomic E-state index is -0.148. The molecule has 0 saturated carbocycles. The lowest BCUT2D eigenvalue weighted by atomic mass is 10.2. The first-order chi connectivity index (χ1) is 14.2. The summed E-state index contributed by atoms with van der Waals surface area (Å²) in [6.45, 7) is 4.87. The summed E-state index contributed by atoms with van der Waals surface area (Å²) < 4.78 is 4.75. The number of nitriles is 1. The lowest BCUT2D eigenvalue weighted by Gasteiger charge is -2.06. The molecule has 7 nitrogen and oxygen atoms in total. The van der Waals surface area contributed by atoms with Crippen molar-refractivity contribution in [2.24, 2.45) is 0 Å². The Morgan fingerprint density at radius 1 is 1.28 bits per heavy atom. The SMILES string of the molecule is C=CCn1c(=C(C#N)c2nnc3n2CCCCC3)sc(=Cc2ccncc2)c1=O. The standard InChI is InChI=1S/C21H20N6OS/c1-2-11-27-20(28)17(13-15-7-9-23-10-8-15)29-21(27)16(14-22)19-25-24-18-6-4-3-5-12-26(18)19/h2,7-10,13H,1,3-6,11-12H2. The predicted molar refractivity (Wildman–Crippen MR) is 112 cm³/mol. The highest BCUT2D eigenvalue weighted by Crippen LogP contribution is 2.18. The summed E-state index contributed by atoms with van der Waals surface area (Å²) in [7, 11) is 0. The molecule has 8 heteroatoms. The third-order valence-electron chi connectivity index (χ3n) is 4.88. The molecule has 0 bridgehead atoms. The highest BCUT2D eigenvalue weighted by molar-refractivity contribution is 7.07. The Hall–Kier alpha value is -3.31. The highest BCUT2D eigenvalue weighted by Gasteiger charge is 2.20. The molecule has 0 saturated heterocycles. The van der Waals surface area contributed by atoms with Crippen LogP contribution >= 0.6 is 11.3 Å². The number of thiazole rings is 1. The molecular weight excluding hydrogens is 384 g/mol. The van der Waals surface area contributed by atoms with Crippen molar-refractivity contribution in [1.82, 2.24) is 24.3 Å². The van der Waals surface area contributed by atoms with E-state index in [0.717, 1.165) is 43.6 Å². The van der Waals surface area contributed by atoms with Gasteiger partial charge in [0.05, 0.1) is 4.53 Å². The maximum Gasteiger partial charge on any atom is 0.269 e. The fourth-order valence-corrected chi connectivity index (χ4v) is 4.58. The average Bonchev–Trinajstić information content (AvgIpc) is 3.16. The highest BCUT2D eigenvalue weighted by atomic mass is 32.1. The van der Waals surface area contributed by atoms with Gasteiger partial charge in [-0.15, -0.1) is 28.1 Å². The van der Waals surface area contributed by atoms with Crippen LogP contribution in [0.3, 0.4) is 0 Å². The molecule has 3 aromatic rings. The van der Waals surface area contributed by atoms with Gasteiger partial charge in [-0.1, -0.05) is 12.5 Å². The van der Waals surface area contributed by atoms with Crippen LogP contribution in [0.2, 0.25) is 0 Å². The molecule has 0 spiro atoms. The van der Waals surface area contributed by atoms with Crippen molar-refractivity contribution in [2.45, 2.75) is 38.8 Å². The molecule has 4 heterocycles. The van der Waals surface area contributed by atoms with Gasteiger partial charge in [0.2, 0.25) is 0 Å². The summed E-state index contributed by atoms with van der Waals surface area (Å²) in [4.78, 5) is 17.0. The lowest BCUT2D eigenvalue weighted by molar-refractivity contribution is 0.626. The van der Waals surface area contributed by atoms with E-state index < -0.39 is 0 Å². The number of hydrogen-bond donors (Lipinski definition) is 0. The lowest BCUT2D eigenvalue weighted by Crippen LogP contribution is -2.32. The van der Waals surface area contributed by atoms with Crippen LogP contribution in [0.1, 0.15) is 36.5 Å². The van der Waals surface area contributed by atoms with Gasteiger partial charge >= 0.3 is 0 Å². The molecule has 146 valence electrons. The van der Waals surface area contributed by atoms with E-state index in [9.17, 15) is 10.1 Å². The quantitative estimate of drug-likeness (QED) is 0.613. The van der Waals surface area contributed by atoms with Crippen LogP contribution in [0.4, 0.5) is 0 Å². The molecule has 0 unspecified atom stereocenters. The largest absolute Gasteiger partial charge is 0.310 e. The third-order valence-corrected chi connectivity index (χ3v) is 6.01. The summed E-state index contributed by atoms with van der Waals surface area (Å²) in [5.74, 6) is 1.45. The smallest absolute Gasteiger partial charge is 0.269 e. The van der Waals surface area contributed by atoms with Crippen LogP contribution < -0.4 is 14.8 Å². The van der Waals surface area contributed by atoms with Gasteiger partial charge in [-0.05, 0) is 36.6 Å². The van der Waals surface area contributed by atoms with Crippen molar-refractivity contribution >= 4 is 23.0 Å². The Morgan fingerprint density at radius 3 is 2.86 bits per heavy atom. The van der Waals surface area contributed by atoms with Crippen molar-refractivity contribution in [3.05, 3.63) is 73.9 Å². The normalized spacial score (nSPS) is 15.3. The fourth-order valence-electron chi connectivity index (χ4n) is 3.47. The third kappa shape index (κ3) is 3.69. The second-order valence-corrected chi connectivity index (χ2v) is 7.82. The van der Waals surface area contributed by atoms with E-state index in [2.05, 4.69) is 27.8 Å². The van der Waals surface area contributed by atoms with Crippen LogP contribution in [-0.2, 0) is 19.5 Å². The Bertz CT molecular complexity index is 1260. The zero-order valence-electron chi connectivity index (χ0n) is 15.9. The summed E-state index contributed by atoms with van der Waals surface area (Å²) in [6.07, 6.45) is 10.9. The molecule has 3 aromatic heterocycles. The fraction of sp³-hybridized carbons (Fsp3) is 0.286. The van der Waals surface area contributed by atoms with Gasteiger partial charge < -0.3 is 4.57 Å². The van der Waals surface area contributed by atoms with Crippen LogP contribution in [0.15, 0.2) is 42.0 Å². The Labute approximate surface area is 171 Å². The summed E-state index contributed by atoms with van der Waals surface area (Å²) in [5, 5.41) is 18.6. The molecular formula is C21H20N6OS. The zero-order valence-corrected chi connectivity index (χ0v) is 16.7. The van der Waals surface area contributed by atoms with E-state index in [1.807, 2.05) is 22.8 Å². The van der Waals surface area contributed by atoms with Crippen molar-refractivity contribution in [3.8, 4) is 6.07 Å². The van der Waals surface area contributed by atoms with Crippen molar-refractivity contribution in [3.63, 3.8) is 0 Å². The van der Waals surface area contributed by atoms with Crippen molar-refractivity contribution < 1.29 is 0 Å². The van der Waals surface area contributed by atoms with E-state index in [4.69, 9.17) is 0 Å². The number of aromatic nitrogens is 5. The minimum absolute atomic E-state index is 0.148. The topological polar surface area (TPSA) is 89.4 Å². The summed E-state index contributed by atoms with van der Waals surface area (Å²) in [5.41, 5.74) is 1.11. The Kier molecular flexibility index (Phi) is 5.49. The molecule has 1 aliphatic rings. The van der Waals surface area contributed by atoms with E-state index in [0.29, 0.717) is 27.1 Å². The first kappa shape index (κ1) is 19.0. The van der Waals surface area contributed by atoms with Gasteiger partial charge in [0.1, 0.15) is 22.1 Å². The van der Waals surface area contributed by atoms with Crippen LogP contribution in [0, 0.1) is 11.3 Å². The number of aryl methyl sites for hydroxylation is 1. The second kappa shape index (κ2) is 8.37. The first-order valence-corrected chi connectivity index (χ1v) is 10.3. The van der Waals surface area contributed by atoms with Gasteiger partial charge in [-0.3, -0.25) is 14.3 Å². The maximum atomic E-state index is 13.0. The summed E-state index contributed by atoms with van der Waals surface area (Å²) >= 11 is 1.29. The van der Waals surface area contributed by atoms with E-state index >= 15 is 0 Å². The molecule has 0 atom stereocenters. The number of hydrogen-bond acceptors (Lipinski definition) is 6. The Balaban J connectivity index is 1.99. The maximum absolute atomic E-state index is 13.0. The number of allylic oxidation sites excluding steroid dienone is 1. The number of nitrogens with zero attached hydrogens (tertiary/aromatic N) is 6. The average molecular weight is 404 g/mol. The first-order valence-electron chi connectivity index (χ1n) is 9.52. The summed E-state index contributed by atoms with van der Waals surface area (Å²) in [6, 6.07) is 5.95. The van der Waals surface area contributed by atoms with Gasteiger partial charge in [0.25, 0.3) is 5.56 Å². The van der Waals surface area contributed by atoms with Crippen LogP contribution in [0.5, 0.6) is 0 Å². The number of rotatable bonds is 4. The molecule has 0 amide bonds. The minimum Gasteiger partial charge on any atom is -0.310 e. The molecule has 0 aliphatic carbocycles. The van der Waals surface area contributed by atoms with E-state index in [1.165, 1.54) is 11.3 Å². The van der Waals surface area contributed by atoms with Gasteiger partial charge in [-0.25, -0.2) is 0 Å². The van der Waals surface area contributed by atoms with Gasteiger partial charge in [-0.2, -0.15) is 5.26 Å². The number of pyridine rings is 1. The number of fused-ring (bicyclic) bond motifs is 1. The Morgan fingerprint density at radius 2 is 2.10 bits per heavy atom. The van der Waals surface area contributed by atoms with E-state index in [1.54, 1.807) is 23.0 Å². The monoisotopic (exact) mass is 404 g/mol. The molecule has 4 rings (SSSR count). The van der Waals surface area contributed by atoms with Crippen LogP contribution in [0.25, 0.3) is 11.6 Å². The van der Waals surface area contributed by atoms with E-state index in [-0.39, 0.29) is 5.56 Å². The van der Waals surface area contributed by atoms with Crippen molar-refractivity contribution in [2.75, 3.05) is 0 Å². The van der Waals surface area contributed by atoms with Crippen molar-refractivity contribution in [1.29, 1.82) is 5.26 Å². The molecule has 0 radical (unpaired) electrons. The molecule has 1 aliphatic heterocycles. The molecule has 0 fully saturated rings. The second-order valence-electron chi connectivity index (χ2n) is 6.79. The predicted octanol–water partition coefficient (Wildman–Crippen LogP) is 1.36.